The van der Waals surface area contributed by atoms with Gasteiger partial charge in [-0.3, -0.25) is 9.59 Å². The van der Waals surface area contributed by atoms with Crippen LogP contribution in [0.4, 0.5) is 0 Å². The Balaban J connectivity index is 1.63. The summed E-state index contributed by atoms with van der Waals surface area (Å²) in [5.74, 6) is 2.13. The van der Waals surface area contributed by atoms with E-state index >= 15 is 0 Å². The predicted octanol–water partition coefficient (Wildman–Crippen LogP) is 3.33. The highest BCUT2D eigenvalue weighted by molar-refractivity contribution is 5.81. The lowest BCUT2D eigenvalue weighted by molar-refractivity contribution is -0.142. The summed E-state index contributed by atoms with van der Waals surface area (Å²) in [5, 5.41) is 0. The molecule has 2 saturated heterocycles. The molecule has 5 heteroatoms. The van der Waals surface area contributed by atoms with Crippen LogP contribution in [0.25, 0.3) is 0 Å². The normalized spacial score (nSPS) is 23.6. The molecule has 0 N–H and O–H groups in total. The molecule has 2 heterocycles. The molecule has 0 aromatic heterocycles. The number of carbonyl (C=O) groups excluding carboxylic acids is 2. The number of likely N-dealkylation sites (tertiary alicyclic amines) is 2. The zero-order valence-corrected chi connectivity index (χ0v) is 17.0. The van der Waals surface area contributed by atoms with Gasteiger partial charge >= 0.3 is 0 Å². The fraction of sp³-hybridized carbons (Fsp3) is 0.636. The predicted molar refractivity (Wildman–Crippen MR) is 105 cm³/mol. The Morgan fingerprint density at radius 2 is 1.78 bits per heavy atom. The van der Waals surface area contributed by atoms with Gasteiger partial charge in [0, 0.05) is 38.0 Å². The van der Waals surface area contributed by atoms with Crippen molar-refractivity contribution in [1.82, 2.24) is 9.80 Å². The van der Waals surface area contributed by atoms with E-state index in [2.05, 4.69) is 0 Å². The lowest BCUT2D eigenvalue weighted by atomic mass is 9.81. The Morgan fingerprint density at radius 3 is 2.41 bits per heavy atom. The Labute approximate surface area is 162 Å². The maximum atomic E-state index is 12.8. The van der Waals surface area contributed by atoms with E-state index in [1.165, 1.54) is 0 Å². The van der Waals surface area contributed by atoms with Crippen LogP contribution in [0.3, 0.4) is 0 Å². The average molecular weight is 373 g/mol. The number of hydrogen-bond donors (Lipinski definition) is 0. The van der Waals surface area contributed by atoms with Gasteiger partial charge in [0.2, 0.25) is 11.8 Å². The van der Waals surface area contributed by atoms with Crippen molar-refractivity contribution in [3.05, 3.63) is 29.8 Å². The van der Waals surface area contributed by atoms with Crippen LogP contribution in [0.5, 0.6) is 5.75 Å². The molecular formula is C22H32N2O3. The molecule has 27 heavy (non-hydrogen) atoms. The van der Waals surface area contributed by atoms with Crippen molar-refractivity contribution in [2.45, 2.75) is 46.6 Å². The largest absolute Gasteiger partial charge is 0.497 e. The monoisotopic (exact) mass is 372 g/mol. The van der Waals surface area contributed by atoms with E-state index in [1.54, 1.807) is 7.11 Å². The van der Waals surface area contributed by atoms with Gasteiger partial charge in [-0.25, -0.2) is 0 Å². The molecule has 2 fully saturated rings. The highest BCUT2D eigenvalue weighted by Gasteiger charge is 2.38. The molecule has 0 radical (unpaired) electrons. The fourth-order valence-corrected chi connectivity index (χ4v) is 4.25. The maximum absolute atomic E-state index is 12.8. The van der Waals surface area contributed by atoms with Crippen LogP contribution in [0.2, 0.25) is 0 Å². The number of amides is 2. The number of hydrogen-bond acceptors (Lipinski definition) is 3. The van der Waals surface area contributed by atoms with Crippen molar-refractivity contribution in [3.8, 4) is 5.75 Å². The van der Waals surface area contributed by atoms with E-state index in [-0.39, 0.29) is 17.2 Å². The Morgan fingerprint density at radius 1 is 1.11 bits per heavy atom. The molecule has 0 unspecified atom stereocenters. The van der Waals surface area contributed by atoms with Crippen molar-refractivity contribution in [1.29, 1.82) is 0 Å². The third-order valence-electron chi connectivity index (χ3n) is 5.91. The molecule has 5 nitrogen and oxygen atoms in total. The summed E-state index contributed by atoms with van der Waals surface area (Å²) < 4.78 is 5.20. The number of ether oxygens (including phenoxy) is 1. The summed E-state index contributed by atoms with van der Waals surface area (Å²) in [6.07, 6.45) is 2.52. The van der Waals surface area contributed by atoms with E-state index in [0.717, 1.165) is 43.8 Å². The van der Waals surface area contributed by atoms with Gasteiger partial charge in [-0.1, -0.05) is 32.9 Å². The topological polar surface area (TPSA) is 49.9 Å². The SMILES string of the molecule is COc1ccc(CN2CC[C@H]3CN(C(=O)C(C)(C)C)CC[C@H]3CC2=O)cc1. The van der Waals surface area contributed by atoms with Crippen LogP contribution in [-0.2, 0) is 16.1 Å². The Hall–Kier alpha value is -2.04. The number of nitrogens with zero attached hydrogens (tertiary/aromatic N) is 2. The van der Waals surface area contributed by atoms with Crippen LogP contribution in [0.1, 0.15) is 45.6 Å². The third kappa shape index (κ3) is 4.63. The number of fused-ring (bicyclic) bond motifs is 1. The Bertz CT molecular complexity index is 678. The summed E-state index contributed by atoms with van der Waals surface area (Å²) in [6, 6.07) is 7.92. The first kappa shape index (κ1) is 19.7. The molecule has 1 aromatic carbocycles. The molecule has 3 rings (SSSR count). The summed E-state index contributed by atoms with van der Waals surface area (Å²) in [5.41, 5.74) is 0.784. The second-order valence-corrected chi connectivity index (χ2v) is 8.97. The van der Waals surface area contributed by atoms with Crippen LogP contribution < -0.4 is 4.74 Å². The minimum Gasteiger partial charge on any atom is -0.497 e. The molecule has 1 aromatic rings. The van der Waals surface area contributed by atoms with E-state index in [4.69, 9.17) is 4.74 Å². The zero-order valence-electron chi connectivity index (χ0n) is 17.0. The van der Waals surface area contributed by atoms with Crippen LogP contribution in [0, 0.1) is 17.3 Å². The Kier molecular flexibility index (Phi) is 5.78. The van der Waals surface area contributed by atoms with Crippen molar-refractivity contribution in [3.63, 3.8) is 0 Å². The van der Waals surface area contributed by atoms with Crippen molar-refractivity contribution in [2.24, 2.45) is 17.3 Å². The summed E-state index contributed by atoms with van der Waals surface area (Å²) in [6.45, 7) is 8.93. The molecule has 2 amide bonds. The van der Waals surface area contributed by atoms with Gasteiger partial charge in [0.1, 0.15) is 5.75 Å². The smallest absolute Gasteiger partial charge is 0.227 e. The number of methoxy groups -OCH3 is 1. The molecule has 0 bridgehead atoms. The lowest BCUT2D eigenvalue weighted by Gasteiger charge is -2.40. The molecule has 2 atom stereocenters. The maximum Gasteiger partial charge on any atom is 0.227 e. The third-order valence-corrected chi connectivity index (χ3v) is 5.91. The molecular weight excluding hydrogens is 340 g/mol. The number of benzene rings is 1. The van der Waals surface area contributed by atoms with Crippen molar-refractivity contribution < 1.29 is 14.3 Å². The van der Waals surface area contributed by atoms with Crippen molar-refractivity contribution in [2.75, 3.05) is 26.7 Å². The minimum atomic E-state index is -0.339. The first-order valence-corrected chi connectivity index (χ1v) is 9.98. The summed E-state index contributed by atoms with van der Waals surface area (Å²) in [7, 11) is 1.66. The number of piperidine rings is 1. The van der Waals surface area contributed by atoms with Gasteiger partial charge in [-0.05, 0) is 42.4 Å². The van der Waals surface area contributed by atoms with Crippen LogP contribution in [-0.4, -0.2) is 48.4 Å². The van der Waals surface area contributed by atoms with Crippen LogP contribution >= 0.6 is 0 Å². The van der Waals surface area contributed by atoms with Crippen molar-refractivity contribution >= 4 is 11.8 Å². The highest BCUT2D eigenvalue weighted by Crippen LogP contribution is 2.34. The quantitative estimate of drug-likeness (QED) is 0.818. The van der Waals surface area contributed by atoms with Gasteiger partial charge < -0.3 is 14.5 Å². The number of carbonyl (C=O) groups is 2. The lowest BCUT2D eigenvalue weighted by Crippen LogP contribution is -2.47. The molecule has 0 saturated carbocycles. The molecule has 2 aliphatic rings. The second kappa shape index (κ2) is 7.91. The summed E-state index contributed by atoms with van der Waals surface area (Å²) in [4.78, 5) is 29.4. The molecule has 148 valence electrons. The zero-order chi connectivity index (χ0) is 19.6. The first-order valence-electron chi connectivity index (χ1n) is 9.98. The molecule has 2 aliphatic heterocycles. The standard InChI is InChI=1S/C22H32N2O3/c1-22(2,3)21(26)24-12-9-17-13-20(25)23(11-10-18(17)15-24)14-16-5-7-19(27-4)8-6-16/h5-8,17-18H,9-15H2,1-4H3/t17-,18-/m0/s1. The molecule has 0 aliphatic carbocycles. The van der Waals surface area contributed by atoms with Gasteiger partial charge in [-0.2, -0.15) is 0 Å². The molecule has 0 spiro atoms. The summed E-state index contributed by atoms with van der Waals surface area (Å²) >= 11 is 0. The van der Waals surface area contributed by atoms with E-state index in [1.807, 2.05) is 54.8 Å². The van der Waals surface area contributed by atoms with Crippen LogP contribution in [0.15, 0.2) is 24.3 Å². The van der Waals surface area contributed by atoms with Gasteiger partial charge in [0.15, 0.2) is 0 Å². The second-order valence-electron chi connectivity index (χ2n) is 8.97. The highest BCUT2D eigenvalue weighted by atomic mass is 16.5. The van der Waals surface area contributed by atoms with Gasteiger partial charge in [-0.15, -0.1) is 0 Å². The van der Waals surface area contributed by atoms with E-state index in [0.29, 0.717) is 24.8 Å². The minimum absolute atomic E-state index is 0.228. The number of rotatable bonds is 3. The fourth-order valence-electron chi connectivity index (χ4n) is 4.25. The average Bonchev–Trinajstić information content (AvgIpc) is 2.79. The van der Waals surface area contributed by atoms with Gasteiger partial charge in [0.05, 0.1) is 7.11 Å². The first-order chi connectivity index (χ1) is 12.8. The van der Waals surface area contributed by atoms with E-state index in [9.17, 15) is 9.59 Å². The van der Waals surface area contributed by atoms with Gasteiger partial charge in [0.25, 0.3) is 0 Å². The van der Waals surface area contributed by atoms with E-state index < -0.39 is 0 Å².